The molecule has 0 aromatic heterocycles. The molecule has 0 unspecified atom stereocenters. The lowest BCUT2D eigenvalue weighted by Crippen LogP contribution is -2.25. The van der Waals surface area contributed by atoms with E-state index < -0.39 is 11.7 Å². The molecule has 4 nitrogen and oxygen atoms in total. The van der Waals surface area contributed by atoms with Gasteiger partial charge in [-0.15, -0.1) is 0 Å². The Morgan fingerprint density at radius 1 is 1.22 bits per heavy atom. The van der Waals surface area contributed by atoms with E-state index in [4.69, 9.17) is 27.9 Å². The van der Waals surface area contributed by atoms with Crippen LogP contribution < -0.4 is 10.2 Å². The summed E-state index contributed by atoms with van der Waals surface area (Å²) in [5, 5.41) is 4.77. The molecule has 0 aliphatic rings. The molecule has 23 heavy (non-hydrogen) atoms. The molecule has 0 heterocycles. The highest BCUT2D eigenvalue weighted by atomic mass is 35.5. The third kappa shape index (κ3) is 4.94. The average molecular weight is 355 g/mol. The van der Waals surface area contributed by atoms with Crippen LogP contribution in [0.2, 0.25) is 10.0 Å². The molecule has 0 spiro atoms. The van der Waals surface area contributed by atoms with Crippen LogP contribution in [-0.2, 0) is 4.79 Å². The molecular formula is C16H13Cl2FN2O2. The maximum Gasteiger partial charge on any atom is 0.277 e. The summed E-state index contributed by atoms with van der Waals surface area (Å²) in [7, 11) is 0. The number of halogens is 3. The normalized spacial score (nSPS) is 11.2. The molecule has 0 fully saturated rings. The van der Waals surface area contributed by atoms with E-state index in [0.29, 0.717) is 15.8 Å². The molecule has 0 aliphatic carbocycles. The van der Waals surface area contributed by atoms with Crippen molar-refractivity contribution >= 4 is 34.8 Å². The average Bonchev–Trinajstić information content (AvgIpc) is 2.54. The van der Waals surface area contributed by atoms with Gasteiger partial charge < -0.3 is 4.74 Å². The van der Waals surface area contributed by atoms with Gasteiger partial charge in [0.25, 0.3) is 5.91 Å². The Bertz CT molecular complexity index is 751. The summed E-state index contributed by atoms with van der Waals surface area (Å²) < 4.78 is 18.4. The predicted molar refractivity (Wildman–Crippen MR) is 88.7 cm³/mol. The molecule has 2 rings (SSSR count). The number of para-hydroxylation sites is 1. The van der Waals surface area contributed by atoms with Gasteiger partial charge in [0.05, 0.1) is 15.8 Å². The second kappa shape index (κ2) is 7.94. The smallest absolute Gasteiger partial charge is 0.277 e. The molecule has 0 saturated carbocycles. The van der Waals surface area contributed by atoms with Gasteiger partial charge in [0, 0.05) is 0 Å². The Labute approximate surface area is 142 Å². The number of rotatable bonds is 5. The molecule has 1 amide bonds. The van der Waals surface area contributed by atoms with E-state index >= 15 is 0 Å². The third-order valence-electron chi connectivity index (χ3n) is 2.88. The van der Waals surface area contributed by atoms with Gasteiger partial charge in [-0.1, -0.05) is 41.4 Å². The monoisotopic (exact) mass is 354 g/mol. The summed E-state index contributed by atoms with van der Waals surface area (Å²) in [6.45, 7) is 1.36. The number of nitrogens with one attached hydrogen (secondary N) is 1. The van der Waals surface area contributed by atoms with Crippen molar-refractivity contribution < 1.29 is 13.9 Å². The highest BCUT2D eigenvalue weighted by Gasteiger charge is 2.07. The van der Waals surface area contributed by atoms with Gasteiger partial charge in [-0.05, 0) is 36.8 Å². The Balaban J connectivity index is 1.92. The van der Waals surface area contributed by atoms with Crippen molar-refractivity contribution in [2.45, 2.75) is 6.92 Å². The van der Waals surface area contributed by atoms with E-state index in [0.717, 1.165) is 5.56 Å². The first kappa shape index (κ1) is 17.2. The molecule has 0 saturated heterocycles. The summed E-state index contributed by atoms with van der Waals surface area (Å²) in [6, 6.07) is 10.9. The first-order valence-corrected chi connectivity index (χ1v) is 7.39. The van der Waals surface area contributed by atoms with Crippen LogP contribution in [0.1, 0.15) is 12.5 Å². The van der Waals surface area contributed by atoms with E-state index in [1.807, 2.05) is 0 Å². The number of hydrazone groups is 1. The van der Waals surface area contributed by atoms with Gasteiger partial charge in [-0.2, -0.15) is 5.10 Å². The van der Waals surface area contributed by atoms with Crippen molar-refractivity contribution in [3.8, 4) is 5.75 Å². The fraction of sp³-hybridized carbons (Fsp3) is 0.125. The van der Waals surface area contributed by atoms with Crippen molar-refractivity contribution in [3.05, 3.63) is 63.9 Å². The number of hydrogen-bond acceptors (Lipinski definition) is 3. The van der Waals surface area contributed by atoms with Crippen LogP contribution in [0.4, 0.5) is 4.39 Å². The zero-order valence-electron chi connectivity index (χ0n) is 12.1. The molecule has 2 aromatic carbocycles. The van der Waals surface area contributed by atoms with Crippen LogP contribution in [0.3, 0.4) is 0 Å². The van der Waals surface area contributed by atoms with Crippen LogP contribution in [-0.4, -0.2) is 18.2 Å². The lowest BCUT2D eigenvalue weighted by Gasteiger charge is -2.07. The number of carbonyl (C=O) groups is 1. The minimum absolute atomic E-state index is 0.00725. The zero-order valence-corrected chi connectivity index (χ0v) is 13.7. The fourth-order valence-corrected chi connectivity index (χ4v) is 1.97. The first-order chi connectivity index (χ1) is 11.0. The van der Waals surface area contributed by atoms with Gasteiger partial charge in [0.15, 0.2) is 18.2 Å². The molecule has 0 bridgehead atoms. The summed E-state index contributed by atoms with van der Waals surface area (Å²) in [4.78, 5) is 11.7. The molecule has 1 N–H and O–H groups in total. The SMILES string of the molecule is C/C(=N/NC(=O)COc1ccccc1F)c1ccc(Cl)c(Cl)c1. The standard InChI is InChI=1S/C16H13Cl2FN2O2/c1-10(11-6-7-12(17)13(18)8-11)20-21-16(22)9-23-15-5-3-2-4-14(15)19/h2-8H,9H2,1H3,(H,21,22)/b20-10-. The van der Waals surface area contributed by atoms with Crippen molar-refractivity contribution in [1.82, 2.24) is 5.43 Å². The molecular weight excluding hydrogens is 342 g/mol. The number of benzene rings is 2. The van der Waals surface area contributed by atoms with E-state index in [1.54, 1.807) is 31.2 Å². The van der Waals surface area contributed by atoms with E-state index in [-0.39, 0.29) is 12.4 Å². The van der Waals surface area contributed by atoms with Gasteiger partial charge in [-0.3, -0.25) is 4.79 Å². The van der Waals surface area contributed by atoms with Gasteiger partial charge >= 0.3 is 0 Å². The first-order valence-electron chi connectivity index (χ1n) is 6.63. The third-order valence-corrected chi connectivity index (χ3v) is 3.62. The molecule has 2 aromatic rings. The minimum Gasteiger partial charge on any atom is -0.481 e. The Morgan fingerprint density at radius 2 is 1.96 bits per heavy atom. The maximum atomic E-state index is 13.3. The van der Waals surface area contributed by atoms with Gasteiger partial charge in [-0.25, -0.2) is 9.82 Å². The van der Waals surface area contributed by atoms with Crippen molar-refractivity contribution in [1.29, 1.82) is 0 Å². The maximum absolute atomic E-state index is 13.3. The van der Waals surface area contributed by atoms with Crippen LogP contribution in [0.25, 0.3) is 0 Å². The minimum atomic E-state index is -0.532. The van der Waals surface area contributed by atoms with E-state index in [2.05, 4.69) is 10.5 Å². The number of carbonyl (C=O) groups excluding carboxylic acids is 1. The molecule has 7 heteroatoms. The Hall–Kier alpha value is -2.11. The summed E-state index contributed by atoms with van der Waals surface area (Å²) in [6.07, 6.45) is 0. The number of hydrogen-bond donors (Lipinski definition) is 1. The molecule has 0 radical (unpaired) electrons. The van der Waals surface area contributed by atoms with Crippen LogP contribution in [0.5, 0.6) is 5.75 Å². The number of nitrogens with zero attached hydrogens (tertiary/aromatic N) is 1. The lowest BCUT2D eigenvalue weighted by molar-refractivity contribution is -0.123. The second-order valence-electron chi connectivity index (χ2n) is 4.58. The van der Waals surface area contributed by atoms with Crippen molar-refractivity contribution in [2.75, 3.05) is 6.61 Å². The second-order valence-corrected chi connectivity index (χ2v) is 5.39. The van der Waals surface area contributed by atoms with Crippen LogP contribution in [0, 0.1) is 5.82 Å². The van der Waals surface area contributed by atoms with Gasteiger partial charge in [0.2, 0.25) is 0 Å². The lowest BCUT2D eigenvalue weighted by atomic mass is 10.1. The predicted octanol–water partition coefficient (Wildman–Crippen LogP) is 4.05. The van der Waals surface area contributed by atoms with Crippen LogP contribution in [0.15, 0.2) is 47.6 Å². The van der Waals surface area contributed by atoms with E-state index in [1.165, 1.54) is 18.2 Å². The largest absolute Gasteiger partial charge is 0.481 e. The summed E-state index contributed by atoms with van der Waals surface area (Å²) in [5.74, 6) is -1.03. The fourth-order valence-electron chi connectivity index (χ4n) is 1.67. The Morgan fingerprint density at radius 3 is 2.65 bits per heavy atom. The molecule has 120 valence electrons. The highest BCUT2D eigenvalue weighted by molar-refractivity contribution is 6.42. The summed E-state index contributed by atoms with van der Waals surface area (Å²) in [5.41, 5.74) is 3.59. The number of ether oxygens (including phenoxy) is 1. The zero-order chi connectivity index (χ0) is 16.8. The van der Waals surface area contributed by atoms with Crippen LogP contribution >= 0.6 is 23.2 Å². The topological polar surface area (TPSA) is 50.7 Å². The quantitative estimate of drug-likeness (QED) is 0.650. The highest BCUT2D eigenvalue weighted by Crippen LogP contribution is 2.22. The molecule has 0 atom stereocenters. The molecule has 0 aliphatic heterocycles. The van der Waals surface area contributed by atoms with Crippen molar-refractivity contribution in [3.63, 3.8) is 0 Å². The van der Waals surface area contributed by atoms with E-state index in [9.17, 15) is 9.18 Å². The number of amides is 1. The Kier molecular flexibility index (Phi) is 5.96. The summed E-state index contributed by atoms with van der Waals surface area (Å²) >= 11 is 11.8. The van der Waals surface area contributed by atoms with Gasteiger partial charge in [0.1, 0.15) is 0 Å². The van der Waals surface area contributed by atoms with Crippen molar-refractivity contribution in [2.24, 2.45) is 5.10 Å².